The van der Waals surface area contributed by atoms with Gasteiger partial charge in [-0.15, -0.1) is 11.3 Å². The van der Waals surface area contributed by atoms with Crippen molar-refractivity contribution in [1.82, 2.24) is 4.90 Å². The highest BCUT2D eigenvalue weighted by Gasteiger charge is 2.14. The van der Waals surface area contributed by atoms with E-state index in [2.05, 4.69) is 0 Å². The van der Waals surface area contributed by atoms with E-state index in [1.807, 2.05) is 30.3 Å². The van der Waals surface area contributed by atoms with E-state index in [0.29, 0.717) is 10.9 Å². The number of amides is 1. The van der Waals surface area contributed by atoms with Gasteiger partial charge in [0, 0.05) is 24.5 Å². The monoisotopic (exact) mass is 335 g/mol. The van der Waals surface area contributed by atoms with Gasteiger partial charge in [-0.25, -0.2) is 0 Å². The first-order chi connectivity index (χ1) is 10.6. The predicted molar refractivity (Wildman–Crippen MR) is 87.4 cm³/mol. The lowest BCUT2D eigenvalue weighted by molar-refractivity contribution is -0.125. The third-order valence-corrected chi connectivity index (χ3v) is 4.41. The lowest BCUT2D eigenvalue weighted by Gasteiger charge is -2.15. The molecule has 1 aliphatic heterocycles. The van der Waals surface area contributed by atoms with Crippen molar-refractivity contribution in [3.8, 4) is 11.5 Å². The molecular weight excluding hydrogens is 322 g/mol. The van der Waals surface area contributed by atoms with Gasteiger partial charge in [-0.05, 0) is 35.9 Å². The maximum Gasteiger partial charge on any atom is 0.246 e. The zero-order valence-electron chi connectivity index (χ0n) is 11.9. The summed E-state index contributed by atoms with van der Waals surface area (Å²) in [7, 11) is 1.76. The van der Waals surface area contributed by atoms with Gasteiger partial charge in [-0.1, -0.05) is 17.7 Å². The van der Waals surface area contributed by atoms with Crippen LogP contribution in [0.15, 0.2) is 36.4 Å². The van der Waals surface area contributed by atoms with Crippen molar-refractivity contribution in [3.05, 3.63) is 51.2 Å². The van der Waals surface area contributed by atoms with Gasteiger partial charge in [-0.2, -0.15) is 0 Å². The summed E-state index contributed by atoms with van der Waals surface area (Å²) < 4.78 is 11.3. The largest absolute Gasteiger partial charge is 0.454 e. The standard InChI is InChI=1S/C16H14ClNO3S/c1-18(16(19)7-4-12-3-6-15(17)22-12)9-11-2-5-13-14(8-11)21-10-20-13/h2-8H,9-10H2,1H3/b7-4+. The number of carbonyl (C=O) groups excluding carboxylic acids is 1. The Hall–Kier alpha value is -1.98. The first-order valence-corrected chi connectivity index (χ1v) is 7.88. The molecule has 22 heavy (non-hydrogen) atoms. The van der Waals surface area contributed by atoms with Gasteiger partial charge in [0.2, 0.25) is 12.7 Å². The molecule has 114 valence electrons. The van der Waals surface area contributed by atoms with Crippen LogP contribution < -0.4 is 9.47 Å². The SMILES string of the molecule is CN(Cc1ccc2c(c1)OCO2)C(=O)/C=C/c1ccc(Cl)s1. The minimum Gasteiger partial charge on any atom is -0.454 e. The second-order valence-electron chi connectivity index (χ2n) is 4.86. The third-order valence-electron chi connectivity index (χ3n) is 3.22. The van der Waals surface area contributed by atoms with Crippen molar-refractivity contribution in [2.75, 3.05) is 13.8 Å². The van der Waals surface area contributed by atoms with Crippen LogP contribution in [0.5, 0.6) is 11.5 Å². The van der Waals surface area contributed by atoms with E-state index in [-0.39, 0.29) is 12.7 Å². The molecule has 0 saturated heterocycles. The highest BCUT2D eigenvalue weighted by molar-refractivity contribution is 7.17. The number of rotatable bonds is 4. The Kier molecular flexibility index (Phi) is 4.36. The average molecular weight is 336 g/mol. The van der Waals surface area contributed by atoms with Crippen LogP contribution in [-0.4, -0.2) is 24.6 Å². The zero-order valence-corrected chi connectivity index (χ0v) is 13.5. The Morgan fingerprint density at radius 1 is 1.32 bits per heavy atom. The number of carbonyl (C=O) groups is 1. The van der Waals surface area contributed by atoms with E-state index < -0.39 is 0 Å². The van der Waals surface area contributed by atoms with Crippen LogP contribution in [0.2, 0.25) is 4.34 Å². The van der Waals surface area contributed by atoms with Gasteiger partial charge in [-0.3, -0.25) is 4.79 Å². The molecule has 0 radical (unpaired) electrons. The van der Waals surface area contributed by atoms with E-state index in [0.717, 1.165) is 21.9 Å². The second kappa shape index (κ2) is 6.42. The van der Waals surface area contributed by atoms with Gasteiger partial charge in [0.15, 0.2) is 11.5 Å². The van der Waals surface area contributed by atoms with Crippen LogP contribution in [0.25, 0.3) is 6.08 Å². The normalized spacial score (nSPS) is 12.8. The molecule has 1 aromatic heterocycles. The molecular formula is C16H14ClNO3S. The average Bonchev–Trinajstić information content (AvgIpc) is 3.12. The molecule has 1 amide bonds. The van der Waals surface area contributed by atoms with Crippen molar-refractivity contribution >= 4 is 34.9 Å². The van der Waals surface area contributed by atoms with Crippen LogP contribution in [0.1, 0.15) is 10.4 Å². The Labute approximate surface area is 137 Å². The fourth-order valence-corrected chi connectivity index (χ4v) is 3.05. The van der Waals surface area contributed by atoms with Gasteiger partial charge >= 0.3 is 0 Å². The number of likely N-dealkylation sites (N-methyl/N-ethyl adjacent to an activating group) is 1. The van der Waals surface area contributed by atoms with E-state index in [9.17, 15) is 4.79 Å². The molecule has 4 nitrogen and oxygen atoms in total. The first kappa shape index (κ1) is 14.9. The van der Waals surface area contributed by atoms with Gasteiger partial charge in [0.05, 0.1) is 4.34 Å². The third kappa shape index (κ3) is 3.43. The van der Waals surface area contributed by atoms with Gasteiger partial charge in [0.1, 0.15) is 0 Å². The van der Waals surface area contributed by atoms with Gasteiger partial charge in [0.25, 0.3) is 0 Å². The van der Waals surface area contributed by atoms with E-state index in [4.69, 9.17) is 21.1 Å². The molecule has 3 rings (SSSR count). The van der Waals surface area contributed by atoms with Crippen LogP contribution in [-0.2, 0) is 11.3 Å². The molecule has 1 aliphatic rings. The Bertz CT molecular complexity index is 726. The summed E-state index contributed by atoms with van der Waals surface area (Å²) in [5.41, 5.74) is 0.993. The molecule has 6 heteroatoms. The van der Waals surface area contributed by atoms with Gasteiger partial charge < -0.3 is 14.4 Å². The zero-order chi connectivity index (χ0) is 15.5. The summed E-state index contributed by atoms with van der Waals surface area (Å²) in [4.78, 5) is 14.7. The number of benzene rings is 1. The fraction of sp³-hybridized carbons (Fsp3) is 0.188. The van der Waals surface area contributed by atoms with Crippen molar-refractivity contribution in [1.29, 1.82) is 0 Å². The summed E-state index contributed by atoms with van der Waals surface area (Å²) in [6.07, 6.45) is 3.32. The highest BCUT2D eigenvalue weighted by atomic mass is 35.5. The molecule has 0 saturated carbocycles. The fourth-order valence-electron chi connectivity index (χ4n) is 2.09. The van der Waals surface area contributed by atoms with Crippen molar-refractivity contribution in [3.63, 3.8) is 0 Å². The lowest BCUT2D eigenvalue weighted by Crippen LogP contribution is -2.24. The molecule has 0 bridgehead atoms. The molecule has 0 unspecified atom stereocenters. The summed E-state index contributed by atoms with van der Waals surface area (Å²) >= 11 is 7.30. The summed E-state index contributed by atoms with van der Waals surface area (Å²) in [5, 5.41) is 0. The summed E-state index contributed by atoms with van der Waals surface area (Å²) in [6.45, 7) is 0.755. The van der Waals surface area contributed by atoms with E-state index in [1.165, 1.54) is 11.3 Å². The molecule has 0 spiro atoms. The molecule has 0 aliphatic carbocycles. The minimum absolute atomic E-state index is 0.0674. The number of hydrogen-bond donors (Lipinski definition) is 0. The number of hydrogen-bond acceptors (Lipinski definition) is 4. The smallest absolute Gasteiger partial charge is 0.246 e. The van der Waals surface area contributed by atoms with E-state index >= 15 is 0 Å². The quantitative estimate of drug-likeness (QED) is 0.798. The number of fused-ring (bicyclic) bond motifs is 1. The Balaban J connectivity index is 1.62. The van der Waals surface area contributed by atoms with Crippen LogP contribution in [0.4, 0.5) is 0 Å². The molecule has 0 fully saturated rings. The highest BCUT2D eigenvalue weighted by Crippen LogP contribution is 2.32. The number of nitrogens with zero attached hydrogens (tertiary/aromatic N) is 1. The number of ether oxygens (including phenoxy) is 2. The minimum atomic E-state index is -0.0674. The van der Waals surface area contributed by atoms with E-state index in [1.54, 1.807) is 24.1 Å². The molecule has 2 heterocycles. The van der Waals surface area contributed by atoms with Crippen LogP contribution in [0.3, 0.4) is 0 Å². The van der Waals surface area contributed by atoms with Crippen LogP contribution >= 0.6 is 22.9 Å². The van der Waals surface area contributed by atoms with Crippen molar-refractivity contribution < 1.29 is 14.3 Å². The van der Waals surface area contributed by atoms with Crippen molar-refractivity contribution in [2.24, 2.45) is 0 Å². The lowest BCUT2D eigenvalue weighted by atomic mass is 10.2. The topological polar surface area (TPSA) is 38.8 Å². The maximum absolute atomic E-state index is 12.1. The molecule has 1 aromatic carbocycles. The second-order valence-corrected chi connectivity index (χ2v) is 6.60. The number of halogens is 1. The van der Waals surface area contributed by atoms with Crippen LogP contribution in [0, 0.1) is 0 Å². The predicted octanol–water partition coefficient (Wildman–Crippen LogP) is 3.80. The molecule has 2 aromatic rings. The summed E-state index contributed by atoms with van der Waals surface area (Å²) in [5.74, 6) is 1.40. The molecule has 0 N–H and O–H groups in total. The first-order valence-electron chi connectivity index (χ1n) is 6.69. The Morgan fingerprint density at radius 3 is 2.91 bits per heavy atom. The maximum atomic E-state index is 12.1. The van der Waals surface area contributed by atoms with Crippen molar-refractivity contribution in [2.45, 2.75) is 6.54 Å². The number of thiophene rings is 1. The Morgan fingerprint density at radius 2 is 2.14 bits per heavy atom. The molecule has 0 atom stereocenters. The summed E-state index contributed by atoms with van der Waals surface area (Å²) in [6, 6.07) is 9.38.